The van der Waals surface area contributed by atoms with E-state index in [2.05, 4.69) is 4.90 Å². The van der Waals surface area contributed by atoms with Crippen LogP contribution in [0, 0.1) is 4.77 Å². The van der Waals surface area contributed by atoms with Gasteiger partial charge in [-0.15, -0.1) is 0 Å². The molecule has 2 saturated heterocycles. The lowest BCUT2D eigenvalue weighted by Crippen LogP contribution is -2.51. The normalized spacial score (nSPS) is 23.0. The fourth-order valence-electron chi connectivity index (χ4n) is 4.11. The number of hydrogen-bond donors (Lipinski definition) is 0. The average molecular weight is 471 g/mol. The molecule has 2 aliphatic heterocycles. The summed E-state index contributed by atoms with van der Waals surface area (Å²) in [5.74, 6) is -0.288. The smallest absolute Gasteiger partial charge is 0.218 e. The third-order valence-electron chi connectivity index (χ3n) is 5.90. The van der Waals surface area contributed by atoms with Crippen molar-refractivity contribution < 1.29 is 16.8 Å². The zero-order valence-corrected chi connectivity index (χ0v) is 19.3. The molecule has 4 rings (SSSR count). The highest BCUT2D eigenvalue weighted by Crippen LogP contribution is 2.24. The molecule has 0 bridgehead atoms. The Bertz CT molecular complexity index is 1180. The van der Waals surface area contributed by atoms with E-state index < -0.39 is 25.1 Å². The molecule has 0 aliphatic carbocycles. The van der Waals surface area contributed by atoms with Crippen LogP contribution in [-0.2, 0) is 33.6 Å². The molecule has 30 heavy (non-hydrogen) atoms. The minimum Gasteiger partial charge on any atom is -0.320 e. The van der Waals surface area contributed by atoms with Crippen molar-refractivity contribution in [2.45, 2.75) is 18.3 Å². The van der Waals surface area contributed by atoms with Gasteiger partial charge in [-0.1, -0.05) is 30.3 Å². The molecule has 0 saturated carbocycles. The van der Waals surface area contributed by atoms with Crippen molar-refractivity contribution in [2.75, 3.05) is 37.7 Å². The lowest BCUT2D eigenvalue weighted by Gasteiger charge is -2.35. The molecule has 8 nitrogen and oxygen atoms in total. The molecule has 1 aromatic heterocycles. The van der Waals surface area contributed by atoms with E-state index in [0.717, 1.165) is 11.3 Å². The number of piperazine rings is 1. The molecule has 0 unspecified atom stereocenters. The monoisotopic (exact) mass is 470 g/mol. The SMILES string of the molecule is Cn1c(-c2ccccc2)cn(CN2CCN(S(=O)(=O)[C@@H]3CCS(=O)(=O)C3)CC2)c1=S. The second-order valence-electron chi connectivity index (χ2n) is 7.92. The molecule has 2 aliphatic rings. The van der Waals surface area contributed by atoms with Crippen LogP contribution in [0.2, 0.25) is 0 Å². The largest absolute Gasteiger partial charge is 0.320 e. The second-order valence-corrected chi connectivity index (χ2v) is 12.7. The van der Waals surface area contributed by atoms with Crippen LogP contribution in [0.5, 0.6) is 0 Å². The van der Waals surface area contributed by atoms with Gasteiger partial charge >= 0.3 is 0 Å². The first-order valence-corrected chi connectivity index (χ1v) is 13.6. The number of sulfonamides is 1. The Kier molecular flexibility index (Phi) is 5.92. The molecule has 0 N–H and O–H groups in total. The highest BCUT2D eigenvalue weighted by Gasteiger charge is 2.41. The lowest BCUT2D eigenvalue weighted by atomic mass is 10.2. The van der Waals surface area contributed by atoms with Gasteiger partial charge in [0.15, 0.2) is 14.6 Å². The summed E-state index contributed by atoms with van der Waals surface area (Å²) in [5.41, 5.74) is 2.12. The van der Waals surface area contributed by atoms with E-state index in [9.17, 15) is 16.8 Å². The first-order chi connectivity index (χ1) is 14.2. The van der Waals surface area contributed by atoms with Crippen LogP contribution in [0.4, 0.5) is 0 Å². The maximum absolute atomic E-state index is 12.8. The fraction of sp³-hybridized carbons (Fsp3) is 0.526. The van der Waals surface area contributed by atoms with Crippen LogP contribution in [0.1, 0.15) is 6.42 Å². The van der Waals surface area contributed by atoms with E-state index >= 15 is 0 Å². The van der Waals surface area contributed by atoms with Crippen molar-refractivity contribution in [3.8, 4) is 11.3 Å². The number of hydrogen-bond acceptors (Lipinski definition) is 6. The third-order valence-corrected chi connectivity index (χ3v) is 10.7. The van der Waals surface area contributed by atoms with Crippen molar-refractivity contribution >= 4 is 32.1 Å². The third kappa shape index (κ3) is 4.26. The van der Waals surface area contributed by atoms with Gasteiger partial charge in [0, 0.05) is 39.4 Å². The second kappa shape index (κ2) is 8.19. The number of rotatable bonds is 5. The van der Waals surface area contributed by atoms with E-state index in [0.29, 0.717) is 37.6 Å². The Balaban J connectivity index is 1.42. The molecule has 1 atom stereocenters. The van der Waals surface area contributed by atoms with Gasteiger partial charge in [0.25, 0.3) is 0 Å². The summed E-state index contributed by atoms with van der Waals surface area (Å²) in [7, 11) is -4.87. The molecule has 2 aromatic rings. The topological polar surface area (TPSA) is 84.6 Å². The quantitative estimate of drug-likeness (QED) is 0.613. The number of aromatic nitrogens is 2. The molecule has 1 aromatic carbocycles. The van der Waals surface area contributed by atoms with Crippen molar-refractivity contribution in [3.63, 3.8) is 0 Å². The van der Waals surface area contributed by atoms with Crippen molar-refractivity contribution in [2.24, 2.45) is 7.05 Å². The van der Waals surface area contributed by atoms with Gasteiger partial charge in [0.2, 0.25) is 10.0 Å². The first-order valence-electron chi connectivity index (χ1n) is 9.91. The van der Waals surface area contributed by atoms with Crippen LogP contribution in [0.25, 0.3) is 11.3 Å². The minimum atomic E-state index is -3.58. The molecule has 11 heteroatoms. The van der Waals surface area contributed by atoms with Crippen LogP contribution in [0.3, 0.4) is 0 Å². The van der Waals surface area contributed by atoms with Gasteiger partial charge in [-0.3, -0.25) is 4.90 Å². The summed E-state index contributed by atoms with van der Waals surface area (Å²) in [6.45, 7) is 2.48. The summed E-state index contributed by atoms with van der Waals surface area (Å²) >= 11 is 5.60. The molecule has 164 valence electrons. The van der Waals surface area contributed by atoms with Crippen LogP contribution < -0.4 is 0 Å². The molecule has 2 fully saturated rings. The van der Waals surface area contributed by atoms with Gasteiger partial charge in [-0.25, -0.2) is 16.8 Å². The Morgan fingerprint density at radius 3 is 2.37 bits per heavy atom. The number of nitrogens with zero attached hydrogens (tertiary/aromatic N) is 4. The maximum Gasteiger partial charge on any atom is 0.218 e. The first kappa shape index (κ1) is 21.7. The summed E-state index contributed by atoms with van der Waals surface area (Å²) in [5, 5.41) is -0.801. The Hall–Kier alpha value is -1.53. The van der Waals surface area contributed by atoms with Crippen molar-refractivity contribution in [3.05, 3.63) is 41.3 Å². The van der Waals surface area contributed by atoms with Crippen molar-refractivity contribution in [1.29, 1.82) is 0 Å². The average Bonchev–Trinajstić information content (AvgIpc) is 3.23. The van der Waals surface area contributed by atoms with E-state index in [1.807, 2.05) is 52.7 Å². The molecule has 0 radical (unpaired) electrons. The molecule has 3 heterocycles. The Morgan fingerprint density at radius 1 is 1.10 bits per heavy atom. The Labute approximate surface area is 182 Å². The zero-order valence-electron chi connectivity index (χ0n) is 16.8. The van der Waals surface area contributed by atoms with Gasteiger partial charge in [-0.2, -0.15) is 4.31 Å². The fourth-order valence-corrected chi connectivity index (χ4v) is 8.83. The number of sulfone groups is 1. The van der Waals surface area contributed by atoms with E-state index in [1.165, 1.54) is 4.31 Å². The molecular weight excluding hydrogens is 444 g/mol. The molecule has 0 amide bonds. The van der Waals surface area contributed by atoms with E-state index in [-0.39, 0.29) is 17.9 Å². The highest BCUT2D eigenvalue weighted by atomic mass is 32.2. The molecule has 0 spiro atoms. The van der Waals surface area contributed by atoms with Gasteiger partial charge in [0.1, 0.15) is 0 Å². The zero-order chi connectivity index (χ0) is 21.5. The minimum absolute atomic E-state index is 0.0349. The summed E-state index contributed by atoms with van der Waals surface area (Å²) in [6, 6.07) is 10.0. The summed E-state index contributed by atoms with van der Waals surface area (Å²) in [6.07, 6.45) is 2.23. The van der Waals surface area contributed by atoms with E-state index in [4.69, 9.17) is 12.2 Å². The maximum atomic E-state index is 12.8. The van der Waals surface area contributed by atoms with Crippen LogP contribution in [0.15, 0.2) is 36.5 Å². The van der Waals surface area contributed by atoms with Gasteiger partial charge in [-0.05, 0) is 24.2 Å². The predicted octanol–water partition coefficient (Wildman–Crippen LogP) is 1.32. The summed E-state index contributed by atoms with van der Waals surface area (Å²) < 4.78 is 55.1. The number of imidazole rings is 1. The predicted molar refractivity (Wildman–Crippen MR) is 119 cm³/mol. The van der Waals surface area contributed by atoms with Gasteiger partial charge < -0.3 is 9.13 Å². The van der Waals surface area contributed by atoms with Crippen molar-refractivity contribution in [1.82, 2.24) is 18.3 Å². The van der Waals surface area contributed by atoms with Gasteiger partial charge in [0.05, 0.1) is 29.1 Å². The lowest BCUT2D eigenvalue weighted by molar-refractivity contribution is 0.151. The number of benzene rings is 1. The molecular formula is C19H26N4O4S3. The van der Waals surface area contributed by atoms with Crippen LogP contribution >= 0.6 is 12.2 Å². The Morgan fingerprint density at radius 2 is 1.77 bits per heavy atom. The van der Waals surface area contributed by atoms with E-state index in [1.54, 1.807) is 0 Å². The summed E-state index contributed by atoms with van der Waals surface area (Å²) in [4.78, 5) is 2.17. The highest BCUT2D eigenvalue weighted by molar-refractivity contribution is 7.95. The van der Waals surface area contributed by atoms with Crippen LogP contribution in [-0.4, -0.2) is 78.1 Å². The standard InChI is InChI=1S/C19H26N4O4S3/c1-20-18(16-5-3-2-4-6-16)13-22(19(20)28)15-21-8-10-23(11-9-21)30(26,27)17-7-12-29(24,25)14-17/h2-6,13,17H,7-12,14-15H2,1H3/t17-/m1/s1.